The molecule has 2 heterocycles. The van der Waals surface area contributed by atoms with Gasteiger partial charge in [-0.05, 0) is 24.0 Å². The van der Waals surface area contributed by atoms with Crippen LogP contribution in [0.4, 0.5) is 4.79 Å². The lowest BCUT2D eigenvalue weighted by atomic mass is 9.95. The van der Waals surface area contributed by atoms with Gasteiger partial charge in [0.05, 0.1) is 12.0 Å². The summed E-state index contributed by atoms with van der Waals surface area (Å²) in [6.07, 6.45) is -0.842. The minimum atomic E-state index is -1.62. The van der Waals surface area contributed by atoms with Crippen LogP contribution in [-0.4, -0.2) is 58.2 Å². The van der Waals surface area contributed by atoms with Crippen LogP contribution in [-0.2, 0) is 32.1 Å². The van der Waals surface area contributed by atoms with Crippen molar-refractivity contribution in [3.05, 3.63) is 35.4 Å². The van der Waals surface area contributed by atoms with Gasteiger partial charge in [-0.2, -0.15) is 0 Å². The highest BCUT2D eigenvalue weighted by Crippen LogP contribution is 2.29. The van der Waals surface area contributed by atoms with Gasteiger partial charge in [0.25, 0.3) is 5.91 Å². The van der Waals surface area contributed by atoms with Gasteiger partial charge >= 0.3 is 6.03 Å². The molecule has 154 valence electrons. The Morgan fingerprint density at radius 1 is 1.10 bits per heavy atom. The molecule has 4 amide bonds. The number of imide groups is 1. The fourth-order valence-corrected chi connectivity index (χ4v) is 3.57. The van der Waals surface area contributed by atoms with Crippen molar-refractivity contribution in [3.8, 4) is 0 Å². The van der Waals surface area contributed by atoms with E-state index in [-0.39, 0.29) is 19.4 Å². The number of carboxylic acids is 2. The Morgan fingerprint density at radius 2 is 1.79 bits per heavy atom. The molecular formula is C19H19N3O7-2. The summed E-state index contributed by atoms with van der Waals surface area (Å²) in [5.74, 6) is -4.20. The van der Waals surface area contributed by atoms with Crippen LogP contribution in [0.15, 0.2) is 24.3 Å². The van der Waals surface area contributed by atoms with Crippen molar-refractivity contribution in [1.29, 1.82) is 0 Å². The summed E-state index contributed by atoms with van der Waals surface area (Å²) in [5, 5.41) is 23.6. The third-order valence-electron chi connectivity index (χ3n) is 5.10. The summed E-state index contributed by atoms with van der Waals surface area (Å²) < 4.78 is 0. The zero-order valence-corrected chi connectivity index (χ0v) is 15.5. The number of carbonyl (C=O) groups is 5. The number of hydrogen-bond donors (Lipinski definition) is 1. The highest BCUT2D eigenvalue weighted by atomic mass is 16.4. The van der Waals surface area contributed by atoms with Gasteiger partial charge in [0.15, 0.2) is 0 Å². The summed E-state index contributed by atoms with van der Waals surface area (Å²) in [4.78, 5) is 61.2. The van der Waals surface area contributed by atoms with E-state index < -0.39 is 48.3 Å². The van der Waals surface area contributed by atoms with Crippen LogP contribution in [0.5, 0.6) is 0 Å². The van der Waals surface area contributed by atoms with Gasteiger partial charge in [-0.1, -0.05) is 24.3 Å². The predicted octanol–water partition coefficient (Wildman–Crippen LogP) is -2.47. The molecule has 1 fully saturated rings. The van der Waals surface area contributed by atoms with Crippen molar-refractivity contribution in [2.45, 2.75) is 44.3 Å². The van der Waals surface area contributed by atoms with Crippen molar-refractivity contribution in [2.75, 3.05) is 6.54 Å². The summed E-state index contributed by atoms with van der Waals surface area (Å²) in [6, 6.07) is 4.94. The van der Waals surface area contributed by atoms with Gasteiger partial charge < -0.3 is 30.0 Å². The lowest BCUT2D eigenvalue weighted by Crippen LogP contribution is -2.49. The van der Waals surface area contributed by atoms with E-state index in [1.807, 2.05) is 24.3 Å². The second-order valence-corrected chi connectivity index (χ2v) is 6.99. The van der Waals surface area contributed by atoms with E-state index in [9.17, 15) is 34.2 Å². The molecule has 0 bridgehead atoms. The van der Waals surface area contributed by atoms with Gasteiger partial charge in [-0.15, -0.1) is 0 Å². The minimum Gasteiger partial charge on any atom is -0.550 e. The van der Waals surface area contributed by atoms with Gasteiger partial charge in [0.1, 0.15) is 6.04 Å². The number of carboxylic acid groups (broad SMARTS) is 2. The minimum absolute atomic E-state index is 0.201. The fourth-order valence-electron chi connectivity index (χ4n) is 3.57. The SMILES string of the molecule is O=C([O-])CC[C@@H](NC(=O)CCN1C(=O)[C@@H]2Cc3ccccc3CN2C1=O)C(=O)[O-]. The van der Waals surface area contributed by atoms with Crippen molar-refractivity contribution in [2.24, 2.45) is 0 Å². The van der Waals surface area contributed by atoms with Crippen LogP contribution in [0.25, 0.3) is 0 Å². The van der Waals surface area contributed by atoms with Gasteiger partial charge in [-0.3, -0.25) is 14.5 Å². The Kier molecular flexibility index (Phi) is 5.81. The number of benzene rings is 1. The molecule has 1 aromatic carbocycles. The van der Waals surface area contributed by atoms with Gasteiger partial charge in [0, 0.05) is 31.9 Å². The Hall–Kier alpha value is -3.43. The van der Waals surface area contributed by atoms with E-state index in [2.05, 4.69) is 5.32 Å². The molecule has 0 spiro atoms. The van der Waals surface area contributed by atoms with Gasteiger partial charge in [-0.25, -0.2) is 4.79 Å². The Labute approximate surface area is 166 Å². The smallest absolute Gasteiger partial charge is 0.327 e. The summed E-state index contributed by atoms with van der Waals surface area (Å²) in [7, 11) is 0. The molecule has 0 aromatic heterocycles. The molecule has 1 saturated heterocycles. The topological polar surface area (TPSA) is 150 Å². The molecule has 3 rings (SSSR count). The molecular weight excluding hydrogens is 382 g/mol. The van der Waals surface area contributed by atoms with Crippen LogP contribution in [0.3, 0.4) is 0 Å². The summed E-state index contributed by atoms with van der Waals surface area (Å²) in [6.45, 7) is 0.108. The number of nitrogens with one attached hydrogen (secondary N) is 1. The number of aliphatic carboxylic acids is 2. The van der Waals surface area contributed by atoms with Crippen LogP contribution in [0.2, 0.25) is 0 Å². The molecule has 2 atom stereocenters. The first-order valence-electron chi connectivity index (χ1n) is 9.16. The molecule has 29 heavy (non-hydrogen) atoms. The fraction of sp³-hybridized carbons (Fsp3) is 0.421. The Bertz CT molecular complexity index is 826. The number of nitrogens with zero attached hydrogens (tertiary/aromatic N) is 2. The normalized spacial score (nSPS) is 18.8. The van der Waals surface area contributed by atoms with E-state index in [0.717, 1.165) is 16.0 Å². The molecule has 2 aliphatic rings. The third kappa shape index (κ3) is 4.36. The first-order chi connectivity index (χ1) is 13.8. The Morgan fingerprint density at radius 3 is 2.45 bits per heavy atom. The van der Waals surface area contributed by atoms with Crippen molar-refractivity contribution in [3.63, 3.8) is 0 Å². The quantitative estimate of drug-likeness (QED) is 0.474. The molecule has 0 saturated carbocycles. The van der Waals surface area contributed by atoms with Gasteiger partial charge in [0.2, 0.25) is 5.91 Å². The number of hydrogen-bond acceptors (Lipinski definition) is 7. The van der Waals surface area contributed by atoms with Crippen LogP contribution < -0.4 is 15.5 Å². The zero-order valence-electron chi connectivity index (χ0n) is 15.5. The van der Waals surface area contributed by atoms with Crippen LogP contribution in [0.1, 0.15) is 30.4 Å². The zero-order chi connectivity index (χ0) is 21.1. The molecule has 0 radical (unpaired) electrons. The highest BCUT2D eigenvalue weighted by Gasteiger charge is 2.46. The van der Waals surface area contributed by atoms with Crippen molar-refractivity contribution >= 4 is 29.8 Å². The second kappa shape index (κ2) is 8.29. The van der Waals surface area contributed by atoms with E-state index in [1.54, 1.807) is 0 Å². The van der Waals surface area contributed by atoms with Crippen molar-refractivity contribution in [1.82, 2.24) is 15.1 Å². The number of rotatable bonds is 8. The van der Waals surface area contributed by atoms with Crippen molar-refractivity contribution < 1.29 is 34.2 Å². The lowest BCUT2D eigenvalue weighted by Gasteiger charge is -2.28. The molecule has 0 unspecified atom stereocenters. The number of carbonyl (C=O) groups excluding carboxylic acids is 5. The Balaban J connectivity index is 1.58. The maximum absolute atomic E-state index is 12.6. The molecule has 2 aliphatic heterocycles. The molecule has 10 heteroatoms. The number of amides is 4. The standard InChI is InChI=1S/C19H21N3O7/c23-15(20-13(18(27)28)5-6-16(24)25)7-8-21-17(26)14-9-11-3-1-2-4-12(11)10-22(14)19(21)29/h1-4,13-14H,5-10H2,(H,20,23)(H,24,25)(H,27,28)/p-2/t13-,14+/m1/s1. The van der Waals surface area contributed by atoms with Crippen LogP contribution >= 0.6 is 0 Å². The summed E-state index contributed by atoms with van der Waals surface area (Å²) >= 11 is 0. The molecule has 0 aliphatic carbocycles. The number of urea groups is 1. The maximum Gasteiger partial charge on any atom is 0.327 e. The molecule has 10 nitrogen and oxygen atoms in total. The van der Waals surface area contributed by atoms with E-state index in [0.29, 0.717) is 13.0 Å². The average Bonchev–Trinajstić information content (AvgIpc) is 2.91. The van der Waals surface area contributed by atoms with Crippen LogP contribution in [0, 0.1) is 0 Å². The lowest BCUT2D eigenvalue weighted by molar-refractivity contribution is -0.310. The summed E-state index contributed by atoms with van der Waals surface area (Å²) in [5.41, 5.74) is 1.97. The first-order valence-corrected chi connectivity index (χ1v) is 9.16. The van der Waals surface area contributed by atoms with E-state index in [4.69, 9.17) is 0 Å². The maximum atomic E-state index is 12.6. The predicted molar refractivity (Wildman–Crippen MR) is 92.4 cm³/mol. The van der Waals surface area contributed by atoms with E-state index >= 15 is 0 Å². The molecule has 1 N–H and O–H groups in total. The third-order valence-corrected chi connectivity index (χ3v) is 5.10. The van der Waals surface area contributed by atoms with E-state index in [1.165, 1.54) is 4.90 Å². The molecule has 1 aromatic rings. The highest BCUT2D eigenvalue weighted by molar-refractivity contribution is 6.05. The second-order valence-electron chi connectivity index (χ2n) is 6.99. The number of fused-ring (bicyclic) bond motifs is 2. The largest absolute Gasteiger partial charge is 0.550 e. The first kappa shape index (κ1) is 20.3. The average molecular weight is 401 g/mol. The monoisotopic (exact) mass is 401 g/mol.